The van der Waals surface area contributed by atoms with Crippen LogP contribution in [0.25, 0.3) is 0 Å². The van der Waals surface area contributed by atoms with Gasteiger partial charge in [0.2, 0.25) is 0 Å². The summed E-state index contributed by atoms with van der Waals surface area (Å²) >= 11 is 0. The van der Waals surface area contributed by atoms with Crippen LogP contribution in [0.2, 0.25) is 0 Å². The maximum absolute atomic E-state index is 11.0. The van der Waals surface area contributed by atoms with Crippen LogP contribution in [0.4, 0.5) is 0 Å². The molecule has 0 radical (unpaired) electrons. The van der Waals surface area contributed by atoms with Gasteiger partial charge in [-0.2, -0.15) is 0 Å². The molecule has 3 unspecified atom stereocenters. The third kappa shape index (κ3) is 2.10. The van der Waals surface area contributed by atoms with Gasteiger partial charge in [0.15, 0.2) is 0 Å². The zero-order valence-electron chi connectivity index (χ0n) is 8.29. The van der Waals surface area contributed by atoms with Crippen molar-refractivity contribution < 1.29 is 9.90 Å². The van der Waals surface area contributed by atoms with Crippen molar-refractivity contribution in [2.75, 3.05) is 6.54 Å². The first-order valence-electron chi connectivity index (χ1n) is 5.05. The summed E-state index contributed by atoms with van der Waals surface area (Å²) in [6, 6.07) is -0.213. The number of hydrogen-bond donors (Lipinski definition) is 1. The Morgan fingerprint density at radius 1 is 1.57 bits per heavy atom. The molecule has 4 heteroatoms. The number of rotatable bonds is 2. The van der Waals surface area contributed by atoms with Crippen molar-refractivity contribution in [1.29, 1.82) is 0 Å². The second kappa shape index (κ2) is 4.51. The standard InChI is InChI=1S/C10H17NO2.K.H/c1-7-6-10(7,2)11-5-3-4-8(11)9(12)13;;/h7-8H,3-6H2,1-2H3,(H,12,13);;. The van der Waals surface area contributed by atoms with E-state index in [1.807, 2.05) is 0 Å². The molecule has 0 bridgehead atoms. The Labute approximate surface area is 128 Å². The van der Waals surface area contributed by atoms with Crippen molar-refractivity contribution >= 4 is 57.4 Å². The molecule has 1 aliphatic carbocycles. The molecule has 1 saturated carbocycles. The summed E-state index contributed by atoms with van der Waals surface area (Å²) in [5.74, 6) is 0.0327. The summed E-state index contributed by atoms with van der Waals surface area (Å²) in [7, 11) is 0. The van der Waals surface area contributed by atoms with Crippen LogP contribution in [-0.4, -0.2) is 85.5 Å². The van der Waals surface area contributed by atoms with Crippen LogP contribution in [0.5, 0.6) is 0 Å². The van der Waals surface area contributed by atoms with Crippen LogP contribution in [0, 0.1) is 5.92 Å². The number of nitrogens with zero attached hydrogens (tertiary/aromatic N) is 1. The van der Waals surface area contributed by atoms with E-state index in [9.17, 15) is 4.79 Å². The SMILES string of the molecule is CC1CC1(C)N1CCCC1C(=O)O.[KH]. The van der Waals surface area contributed by atoms with Crippen LogP contribution in [0.15, 0.2) is 0 Å². The van der Waals surface area contributed by atoms with Crippen molar-refractivity contribution in [3.63, 3.8) is 0 Å². The molecule has 0 aromatic carbocycles. The van der Waals surface area contributed by atoms with Crippen LogP contribution >= 0.6 is 0 Å². The topological polar surface area (TPSA) is 40.5 Å². The zero-order chi connectivity index (χ0) is 9.64. The summed E-state index contributed by atoms with van der Waals surface area (Å²) in [6.45, 7) is 5.37. The van der Waals surface area contributed by atoms with Crippen molar-refractivity contribution in [3.05, 3.63) is 0 Å². The predicted octanol–water partition coefficient (Wildman–Crippen LogP) is 0.685. The molecular formula is C10H18KNO2. The van der Waals surface area contributed by atoms with Gasteiger partial charge in [-0.05, 0) is 38.6 Å². The molecule has 1 aliphatic heterocycles. The van der Waals surface area contributed by atoms with E-state index in [0.717, 1.165) is 25.8 Å². The average Bonchev–Trinajstić information content (AvgIpc) is 2.54. The van der Waals surface area contributed by atoms with E-state index in [1.54, 1.807) is 0 Å². The molecule has 76 valence electrons. The van der Waals surface area contributed by atoms with E-state index in [4.69, 9.17) is 5.11 Å². The van der Waals surface area contributed by atoms with Crippen molar-refractivity contribution in [2.24, 2.45) is 5.92 Å². The number of aliphatic carboxylic acids is 1. The zero-order valence-corrected chi connectivity index (χ0v) is 8.29. The summed E-state index contributed by atoms with van der Waals surface area (Å²) in [5, 5.41) is 9.02. The van der Waals surface area contributed by atoms with E-state index in [0.29, 0.717) is 5.92 Å². The van der Waals surface area contributed by atoms with Crippen LogP contribution in [0.1, 0.15) is 33.1 Å². The fourth-order valence-electron chi connectivity index (χ4n) is 2.60. The van der Waals surface area contributed by atoms with Gasteiger partial charge in [0.1, 0.15) is 6.04 Å². The third-order valence-corrected chi connectivity index (χ3v) is 3.81. The first-order valence-corrected chi connectivity index (χ1v) is 5.05. The molecule has 0 amide bonds. The number of likely N-dealkylation sites (tertiary alicyclic amines) is 1. The average molecular weight is 223 g/mol. The molecule has 1 N–H and O–H groups in total. The molecule has 2 fully saturated rings. The molecule has 2 rings (SSSR count). The van der Waals surface area contributed by atoms with Gasteiger partial charge >= 0.3 is 57.4 Å². The molecule has 1 saturated heterocycles. The summed E-state index contributed by atoms with van der Waals surface area (Å²) in [4.78, 5) is 13.1. The Bertz CT molecular complexity index is 246. The molecule has 2 aliphatic rings. The fraction of sp³-hybridized carbons (Fsp3) is 0.900. The Balaban J connectivity index is 0.000000980. The summed E-state index contributed by atoms with van der Waals surface area (Å²) in [6.07, 6.45) is 3.04. The monoisotopic (exact) mass is 223 g/mol. The van der Waals surface area contributed by atoms with E-state index in [2.05, 4.69) is 18.7 Å². The van der Waals surface area contributed by atoms with E-state index in [1.165, 1.54) is 0 Å². The quantitative estimate of drug-likeness (QED) is 0.700. The normalized spacial score (nSPS) is 41.9. The van der Waals surface area contributed by atoms with Crippen LogP contribution < -0.4 is 0 Å². The molecular weight excluding hydrogens is 205 g/mol. The van der Waals surface area contributed by atoms with Crippen LogP contribution in [-0.2, 0) is 4.79 Å². The van der Waals surface area contributed by atoms with Gasteiger partial charge in [0.05, 0.1) is 0 Å². The third-order valence-electron chi connectivity index (χ3n) is 3.81. The fourth-order valence-corrected chi connectivity index (χ4v) is 2.60. The molecule has 14 heavy (non-hydrogen) atoms. The van der Waals surface area contributed by atoms with Crippen molar-refractivity contribution in [2.45, 2.75) is 44.7 Å². The summed E-state index contributed by atoms with van der Waals surface area (Å²) < 4.78 is 0. The van der Waals surface area contributed by atoms with Gasteiger partial charge in [0, 0.05) is 5.54 Å². The number of carboxylic acids is 1. The number of carbonyl (C=O) groups is 1. The molecule has 3 nitrogen and oxygen atoms in total. The minimum absolute atomic E-state index is 0. The van der Waals surface area contributed by atoms with Gasteiger partial charge in [-0.25, -0.2) is 0 Å². The number of hydrogen-bond acceptors (Lipinski definition) is 2. The van der Waals surface area contributed by atoms with E-state index in [-0.39, 0.29) is 63.0 Å². The first kappa shape index (κ1) is 13.1. The molecule has 0 aromatic rings. The first-order chi connectivity index (χ1) is 6.05. The Kier molecular flexibility index (Phi) is 4.23. The molecule has 1 heterocycles. The van der Waals surface area contributed by atoms with Crippen LogP contribution in [0.3, 0.4) is 0 Å². The Morgan fingerprint density at radius 2 is 2.14 bits per heavy atom. The predicted molar refractivity (Wildman–Crippen MR) is 56.7 cm³/mol. The Hall–Kier alpha value is 1.07. The van der Waals surface area contributed by atoms with Crippen molar-refractivity contribution in [1.82, 2.24) is 4.90 Å². The van der Waals surface area contributed by atoms with Gasteiger partial charge in [-0.1, -0.05) is 6.92 Å². The second-order valence-electron chi connectivity index (χ2n) is 4.65. The van der Waals surface area contributed by atoms with Gasteiger partial charge in [0.25, 0.3) is 0 Å². The van der Waals surface area contributed by atoms with Crippen molar-refractivity contribution in [3.8, 4) is 0 Å². The second-order valence-corrected chi connectivity index (χ2v) is 4.65. The number of carboxylic acid groups (broad SMARTS) is 1. The van der Waals surface area contributed by atoms with Gasteiger partial charge in [-0.3, -0.25) is 9.69 Å². The minimum atomic E-state index is -0.641. The van der Waals surface area contributed by atoms with E-state index < -0.39 is 5.97 Å². The molecule has 0 aromatic heterocycles. The maximum atomic E-state index is 11.0. The molecule has 0 spiro atoms. The van der Waals surface area contributed by atoms with Gasteiger partial charge < -0.3 is 5.11 Å². The Morgan fingerprint density at radius 3 is 2.57 bits per heavy atom. The van der Waals surface area contributed by atoms with E-state index >= 15 is 0 Å². The summed E-state index contributed by atoms with van der Waals surface area (Å²) in [5.41, 5.74) is 0.194. The van der Waals surface area contributed by atoms with Gasteiger partial charge in [-0.15, -0.1) is 0 Å². The molecule has 3 atom stereocenters.